The van der Waals surface area contributed by atoms with Gasteiger partial charge >= 0.3 is 0 Å². The molecule has 1 heterocycles. The van der Waals surface area contributed by atoms with Crippen molar-refractivity contribution in [3.05, 3.63) is 11.8 Å². The van der Waals surface area contributed by atoms with E-state index in [9.17, 15) is 0 Å². The molecule has 0 aromatic heterocycles. The van der Waals surface area contributed by atoms with E-state index in [2.05, 4.69) is 24.5 Å². The van der Waals surface area contributed by atoms with Crippen LogP contribution in [0.15, 0.2) is 11.8 Å². The molecule has 0 fully saturated rings. The van der Waals surface area contributed by atoms with Crippen LogP contribution in [0.2, 0.25) is 0 Å². The highest BCUT2D eigenvalue weighted by atomic mass is 32.1. The van der Waals surface area contributed by atoms with E-state index in [0.29, 0.717) is 0 Å². The molecule has 2 nitrogen and oxygen atoms in total. The molecule has 0 atom stereocenters. The van der Waals surface area contributed by atoms with Gasteiger partial charge in [0.25, 0.3) is 0 Å². The fraction of sp³-hybridized carbons (Fsp3) is 0.625. The van der Waals surface area contributed by atoms with Crippen LogP contribution in [0, 0.1) is 0 Å². The Hall–Kier alpha value is -0.570. The molecular formula is C8H14N2S. The largest absolute Gasteiger partial charge is 0.391 e. The number of rotatable bonds is 1. The van der Waals surface area contributed by atoms with Crippen molar-refractivity contribution in [3.63, 3.8) is 0 Å². The van der Waals surface area contributed by atoms with Crippen LogP contribution in [-0.2, 0) is 0 Å². The van der Waals surface area contributed by atoms with Crippen LogP contribution in [0.1, 0.15) is 20.3 Å². The van der Waals surface area contributed by atoms with Crippen LogP contribution in [0.5, 0.6) is 0 Å². The monoisotopic (exact) mass is 170 g/mol. The van der Waals surface area contributed by atoms with E-state index < -0.39 is 0 Å². The zero-order valence-corrected chi connectivity index (χ0v) is 8.01. The van der Waals surface area contributed by atoms with Crippen molar-refractivity contribution >= 4 is 17.2 Å². The van der Waals surface area contributed by atoms with Gasteiger partial charge in [-0.25, -0.2) is 0 Å². The Morgan fingerprint density at radius 1 is 1.64 bits per heavy atom. The van der Waals surface area contributed by atoms with Crippen LogP contribution < -0.4 is 10.6 Å². The highest BCUT2D eigenvalue weighted by Gasteiger charge is 2.23. The molecule has 1 aliphatic rings. The van der Waals surface area contributed by atoms with E-state index in [1.807, 2.05) is 13.1 Å². The average Bonchev–Trinajstić information content (AvgIpc) is 1.83. The van der Waals surface area contributed by atoms with Gasteiger partial charge in [0.2, 0.25) is 0 Å². The zero-order valence-electron chi connectivity index (χ0n) is 7.19. The van der Waals surface area contributed by atoms with E-state index in [-0.39, 0.29) is 5.54 Å². The summed E-state index contributed by atoms with van der Waals surface area (Å²) in [4.78, 5) is 0.825. The third kappa shape index (κ3) is 2.19. The molecule has 0 aliphatic carbocycles. The molecule has 0 bridgehead atoms. The molecule has 1 aliphatic heterocycles. The summed E-state index contributed by atoms with van der Waals surface area (Å²) in [5, 5.41) is 6.36. The topological polar surface area (TPSA) is 24.1 Å². The molecule has 0 radical (unpaired) electrons. The van der Waals surface area contributed by atoms with Gasteiger partial charge in [-0.1, -0.05) is 12.2 Å². The van der Waals surface area contributed by atoms with Gasteiger partial charge in [-0.3, -0.25) is 0 Å². The second-order valence-electron chi connectivity index (χ2n) is 3.47. The molecule has 0 amide bonds. The highest BCUT2D eigenvalue weighted by Crippen LogP contribution is 2.18. The normalized spacial score (nSPS) is 22.1. The molecular weight excluding hydrogens is 156 g/mol. The fourth-order valence-electron chi connectivity index (χ4n) is 1.26. The number of thiocarbonyl (C=S) groups is 1. The third-order valence-electron chi connectivity index (χ3n) is 1.72. The lowest BCUT2D eigenvalue weighted by atomic mass is 9.95. The summed E-state index contributed by atoms with van der Waals surface area (Å²) in [5.74, 6) is 0. The summed E-state index contributed by atoms with van der Waals surface area (Å²) >= 11 is 5.07. The maximum absolute atomic E-state index is 5.07. The van der Waals surface area contributed by atoms with Crippen LogP contribution in [0.25, 0.3) is 0 Å². The Labute approximate surface area is 73.1 Å². The molecule has 62 valence electrons. The van der Waals surface area contributed by atoms with Crippen molar-refractivity contribution in [2.24, 2.45) is 0 Å². The number of nitrogens with one attached hydrogen (secondary N) is 2. The molecule has 0 spiro atoms. The van der Waals surface area contributed by atoms with Gasteiger partial charge in [0, 0.05) is 24.7 Å². The summed E-state index contributed by atoms with van der Waals surface area (Å²) in [6.07, 6.45) is 2.98. The highest BCUT2D eigenvalue weighted by molar-refractivity contribution is 7.80. The number of hydrogen-bond acceptors (Lipinski definition) is 2. The Balaban J connectivity index is 2.78. The van der Waals surface area contributed by atoms with Crippen molar-refractivity contribution in [2.75, 3.05) is 7.05 Å². The van der Waals surface area contributed by atoms with Gasteiger partial charge < -0.3 is 10.6 Å². The van der Waals surface area contributed by atoms with E-state index in [4.69, 9.17) is 12.2 Å². The lowest BCUT2D eigenvalue weighted by Gasteiger charge is -2.32. The first-order chi connectivity index (χ1) is 5.03. The summed E-state index contributed by atoms with van der Waals surface area (Å²) in [7, 11) is 1.93. The van der Waals surface area contributed by atoms with Crippen molar-refractivity contribution in [3.8, 4) is 0 Å². The summed E-state index contributed by atoms with van der Waals surface area (Å²) < 4.78 is 0. The minimum absolute atomic E-state index is 0.101. The zero-order chi connectivity index (χ0) is 8.48. The van der Waals surface area contributed by atoms with Crippen molar-refractivity contribution in [1.82, 2.24) is 10.6 Å². The third-order valence-corrected chi connectivity index (χ3v) is 1.94. The molecule has 0 saturated carbocycles. The average molecular weight is 170 g/mol. The minimum Gasteiger partial charge on any atom is -0.391 e. The van der Waals surface area contributed by atoms with E-state index >= 15 is 0 Å². The van der Waals surface area contributed by atoms with Crippen molar-refractivity contribution < 1.29 is 0 Å². The lowest BCUT2D eigenvalue weighted by Crippen LogP contribution is -2.46. The van der Waals surface area contributed by atoms with Crippen LogP contribution in [-0.4, -0.2) is 17.6 Å². The molecule has 0 aromatic carbocycles. The lowest BCUT2D eigenvalue weighted by molar-refractivity contribution is 0.442. The predicted molar refractivity (Wildman–Crippen MR) is 51.6 cm³/mol. The molecule has 0 unspecified atom stereocenters. The van der Waals surface area contributed by atoms with Gasteiger partial charge in [-0.05, 0) is 19.9 Å². The van der Waals surface area contributed by atoms with Gasteiger partial charge in [-0.2, -0.15) is 0 Å². The number of hydrogen-bond donors (Lipinski definition) is 2. The van der Waals surface area contributed by atoms with Crippen LogP contribution in [0.3, 0.4) is 0 Å². The Kier molecular flexibility index (Phi) is 2.18. The van der Waals surface area contributed by atoms with E-state index in [0.717, 1.165) is 11.4 Å². The summed E-state index contributed by atoms with van der Waals surface area (Å²) in [6.45, 7) is 4.28. The first-order valence-corrected chi connectivity index (χ1v) is 4.15. The maximum Gasteiger partial charge on any atom is 0.101 e. The summed E-state index contributed by atoms with van der Waals surface area (Å²) in [5.41, 5.74) is 1.31. The molecule has 2 N–H and O–H groups in total. The Bertz CT molecular complexity index is 206. The summed E-state index contributed by atoms with van der Waals surface area (Å²) in [6, 6.07) is 0. The van der Waals surface area contributed by atoms with Crippen molar-refractivity contribution in [1.29, 1.82) is 0 Å². The standard InChI is InChI=1S/C8H14N2S/c1-8(2)5-6(9-3)4-7(11)10-8/h4,9H,5H2,1-3H3,(H,10,11). The molecule has 0 aromatic rings. The fourth-order valence-corrected chi connectivity index (χ4v) is 1.68. The van der Waals surface area contributed by atoms with Gasteiger partial charge in [0.1, 0.15) is 4.99 Å². The predicted octanol–water partition coefficient (Wildman–Crippen LogP) is 1.19. The minimum atomic E-state index is 0.101. The van der Waals surface area contributed by atoms with Crippen LogP contribution in [0.4, 0.5) is 0 Å². The smallest absolute Gasteiger partial charge is 0.101 e. The van der Waals surface area contributed by atoms with Gasteiger partial charge in [0.15, 0.2) is 0 Å². The molecule has 1 rings (SSSR count). The first-order valence-electron chi connectivity index (χ1n) is 3.74. The quantitative estimate of drug-likeness (QED) is 0.578. The van der Waals surface area contributed by atoms with E-state index in [1.165, 1.54) is 5.70 Å². The molecule has 3 heteroatoms. The second kappa shape index (κ2) is 2.81. The van der Waals surface area contributed by atoms with Gasteiger partial charge in [0.05, 0.1) is 0 Å². The van der Waals surface area contributed by atoms with Crippen molar-refractivity contribution in [2.45, 2.75) is 25.8 Å². The van der Waals surface area contributed by atoms with E-state index in [1.54, 1.807) is 0 Å². The molecule has 11 heavy (non-hydrogen) atoms. The maximum atomic E-state index is 5.07. The second-order valence-corrected chi connectivity index (χ2v) is 3.91. The first kappa shape index (κ1) is 8.53. The van der Waals surface area contributed by atoms with Crippen LogP contribution >= 0.6 is 12.2 Å². The molecule has 0 saturated heterocycles. The Morgan fingerprint density at radius 3 is 2.73 bits per heavy atom. The SMILES string of the molecule is CNC1=CC(=S)NC(C)(C)C1. The van der Waals surface area contributed by atoms with Gasteiger partial charge in [-0.15, -0.1) is 0 Å². The Morgan fingerprint density at radius 2 is 2.27 bits per heavy atom.